The lowest BCUT2D eigenvalue weighted by Gasteiger charge is -2.18. The number of hydrogen-bond donors (Lipinski definition) is 0. The Labute approximate surface area is 477 Å². The van der Waals surface area contributed by atoms with E-state index >= 15 is 0 Å². The van der Waals surface area contributed by atoms with Crippen LogP contribution in [0.25, 0.3) is 0 Å². The van der Waals surface area contributed by atoms with E-state index in [2.05, 4.69) is 106 Å². The fourth-order valence-electron chi connectivity index (χ4n) is 9.40. The fourth-order valence-corrected chi connectivity index (χ4v) is 9.40. The van der Waals surface area contributed by atoms with Crippen LogP contribution in [0, 0.1) is 0 Å². The van der Waals surface area contributed by atoms with E-state index in [1.165, 1.54) is 173 Å². The first kappa shape index (κ1) is 73.6. The summed E-state index contributed by atoms with van der Waals surface area (Å²) in [4.78, 5) is 38.3. The maximum Gasteiger partial charge on any atom is 0.306 e. The highest BCUT2D eigenvalue weighted by Gasteiger charge is 2.19. The highest BCUT2D eigenvalue weighted by Crippen LogP contribution is 2.16. The van der Waals surface area contributed by atoms with Gasteiger partial charge in [-0.1, -0.05) is 279 Å². The molecule has 0 spiro atoms. The van der Waals surface area contributed by atoms with Gasteiger partial charge in [0, 0.05) is 19.3 Å². The van der Waals surface area contributed by atoms with Crippen LogP contribution in [0.2, 0.25) is 0 Å². The highest BCUT2D eigenvalue weighted by molar-refractivity contribution is 5.71. The molecule has 77 heavy (non-hydrogen) atoms. The van der Waals surface area contributed by atoms with Crippen LogP contribution in [0.15, 0.2) is 85.1 Å². The first-order valence-electron chi connectivity index (χ1n) is 33.1. The van der Waals surface area contributed by atoms with Crippen molar-refractivity contribution in [3.63, 3.8) is 0 Å². The molecule has 0 heterocycles. The Hall–Kier alpha value is -3.41. The standard InChI is InChI=1S/C71H124O6/c1-4-7-10-13-16-19-22-25-28-29-30-31-32-33-34-35-36-37-38-39-40-41-44-46-49-52-55-58-61-64-70(73)76-67-68(77-71(74)65-62-59-56-53-50-47-43-27-24-21-18-15-12-9-6-3)66-75-69(72)63-60-57-54-51-48-45-42-26-23-20-17-14-11-8-5-2/h9,12,18,21-22,25-27,29-30,32-33,42-43,68H,4-8,10-11,13-17,19-20,23-24,28,31,34-41,44-67H2,1-3H3/b12-9-,21-18-,25-22-,30-29-,33-32-,42-26-,43-27-. The average molecular weight is 1070 g/mol. The van der Waals surface area contributed by atoms with E-state index in [0.29, 0.717) is 19.3 Å². The van der Waals surface area contributed by atoms with Gasteiger partial charge in [-0.3, -0.25) is 14.4 Å². The van der Waals surface area contributed by atoms with Gasteiger partial charge in [0.2, 0.25) is 0 Å². The Morgan fingerprint density at radius 2 is 0.506 bits per heavy atom. The van der Waals surface area contributed by atoms with E-state index in [1.807, 2.05) is 0 Å². The predicted molar refractivity (Wildman–Crippen MR) is 334 cm³/mol. The molecular formula is C71H124O6. The normalized spacial score (nSPS) is 12.6. The molecule has 0 fully saturated rings. The smallest absolute Gasteiger partial charge is 0.306 e. The molecule has 0 aromatic rings. The summed E-state index contributed by atoms with van der Waals surface area (Å²) in [5.74, 6) is -0.899. The molecule has 0 aliphatic carbocycles. The largest absolute Gasteiger partial charge is 0.462 e. The van der Waals surface area contributed by atoms with Gasteiger partial charge >= 0.3 is 17.9 Å². The maximum absolute atomic E-state index is 12.9. The SMILES string of the molecule is CC/C=C\C/C=C\C/C=C\CCCCCCCC(=O)OC(COC(=O)CCCCCCC/C=C\CCCCCCCC)COC(=O)CCCCCCCCCCCCCCCC/C=C\C/C=C\C/C=C\CCCCCCC. The molecule has 0 saturated heterocycles. The molecule has 0 radical (unpaired) electrons. The lowest BCUT2D eigenvalue weighted by atomic mass is 10.0. The number of unbranched alkanes of at least 4 members (excludes halogenated alkanes) is 35. The van der Waals surface area contributed by atoms with E-state index < -0.39 is 6.10 Å². The van der Waals surface area contributed by atoms with Gasteiger partial charge in [0.1, 0.15) is 13.2 Å². The van der Waals surface area contributed by atoms with E-state index in [9.17, 15) is 14.4 Å². The molecule has 6 heteroatoms. The summed E-state index contributed by atoms with van der Waals surface area (Å²) >= 11 is 0. The maximum atomic E-state index is 12.9. The Morgan fingerprint density at radius 1 is 0.273 bits per heavy atom. The Morgan fingerprint density at radius 3 is 0.805 bits per heavy atom. The van der Waals surface area contributed by atoms with Gasteiger partial charge in [0.05, 0.1) is 0 Å². The van der Waals surface area contributed by atoms with Gasteiger partial charge < -0.3 is 14.2 Å². The van der Waals surface area contributed by atoms with Crippen molar-refractivity contribution in [3.05, 3.63) is 85.1 Å². The molecule has 0 aliphatic rings. The minimum absolute atomic E-state index is 0.0850. The fraction of sp³-hybridized carbons (Fsp3) is 0.761. The first-order chi connectivity index (χ1) is 38.0. The molecule has 0 aromatic heterocycles. The molecular weight excluding hydrogens is 949 g/mol. The lowest BCUT2D eigenvalue weighted by Crippen LogP contribution is -2.30. The van der Waals surface area contributed by atoms with Crippen molar-refractivity contribution < 1.29 is 28.6 Å². The summed E-state index contributed by atoms with van der Waals surface area (Å²) in [5, 5.41) is 0. The quantitative estimate of drug-likeness (QED) is 0.0261. The van der Waals surface area contributed by atoms with Crippen LogP contribution >= 0.6 is 0 Å². The summed E-state index contributed by atoms with van der Waals surface area (Å²) in [7, 11) is 0. The molecule has 0 saturated carbocycles. The molecule has 0 aliphatic heterocycles. The molecule has 0 rings (SSSR count). The van der Waals surface area contributed by atoms with Crippen LogP contribution in [0.5, 0.6) is 0 Å². The van der Waals surface area contributed by atoms with E-state index in [4.69, 9.17) is 14.2 Å². The first-order valence-corrected chi connectivity index (χ1v) is 33.1. The van der Waals surface area contributed by atoms with E-state index in [1.54, 1.807) is 0 Å². The number of esters is 3. The second kappa shape index (κ2) is 65.1. The topological polar surface area (TPSA) is 78.9 Å². The third-order valence-corrected chi connectivity index (χ3v) is 14.4. The van der Waals surface area contributed by atoms with Crippen molar-refractivity contribution in [3.8, 4) is 0 Å². The molecule has 1 atom stereocenters. The molecule has 6 nitrogen and oxygen atoms in total. The number of carbonyl (C=O) groups excluding carboxylic acids is 3. The number of hydrogen-bond acceptors (Lipinski definition) is 6. The Balaban J connectivity index is 4.25. The zero-order valence-electron chi connectivity index (χ0n) is 51.0. The third kappa shape index (κ3) is 63.3. The van der Waals surface area contributed by atoms with Gasteiger partial charge in [-0.15, -0.1) is 0 Å². The van der Waals surface area contributed by atoms with Crippen molar-refractivity contribution in [2.24, 2.45) is 0 Å². The summed E-state index contributed by atoms with van der Waals surface area (Å²) in [6.07, 6.45) is 86.0. The van der Waals surface area contributed by atoms with Crippen LogP contribution < -0.4 is 0 Å². The number of allylic oxidation sites excluding steroid dienone is 14. The van der Waals surface area contributed by atoms with Gasteiger partial charge in [0.25, 0.3) is 0 Å². The Bertz CT molecular complexity index is 1470. The van der Waals surface area contributed by atoms with Crippen LogP contribution in [0.4, 0.5) is 0 Å². The molecule has 1 unspecified atom stereocenters. The van der Waals surface area contributed by atoms with Gasteiger partial charge in [0.15, 0.2) is 6.10 Å². The zero-order chi connectivity index (χ0) is 55.7. The number of ether oxygens (including phenoxy) is 3. The van der Waals surface area contributed by atoms with Crippen LogP contribution in [0.1, 0.15) is 329 Å². The molecule has 0 amide bonds. The Kier molecular flexibility index (Phi) is 62.2. The van der Waals surface area contributed by atoms with E-state index in [-0.39, 0.29) is 31.1 Å². The second-order valence-electron chi connectivity index (χ2n) is 22.0. The lowest BCUT2D eigenvalue weighted by molar-refractivity contribution is -0.167. The summed E-state index contributed by atoms with van der Waals surface area (Å²) in [6, 6.07) is 0. The second-order valence-corrected chi connectivity index (χ2v) is 22.0. The van der Waals surface area contributed by atoms with Crippen LogP contribution in [-0.4, -0.2) is 37.2 Å². The molecule has 0 bridgehead atoms. The summed E-state index contributed by atoms with van der Waals surface area (Å²) in [5.41, 5.74) is 0. The predicted octanol–water partition coefficient (Wildman–Crippen LogP) is 22.7. The van der Waals surface area contributed by atoms with Crippen LogP contribution in [0.3, 0.4) is 0 Å². The molecule has 0 N–H and O–H groups in total. The van der Waals surface area contributed by atoms with Crippen molar-refractivity contribution in [2.45, 2.75) is 335 Å². The van der Waals surface area contributed by atoms with Crippen molar-refractivity contribution >= 4 is 17.9 Å². The van der Waals surface area contributed by atoms with Gasteiger partial charge in [-0.05, 0) is 116 Å². The van der Waals surface area contributed by atoms with Crippen LogP contribution in [-0.2, 0) is 28.6 Å². The number of rotatable bonds is 60. The molecule has 0 aromatic carbocycles. The van der Waals surface area contributed by atoms with Crippen molar-refractivity contribution in [1.29, 1.82) is 0 Å². The summed E-state index contributed by atoms with van der Waals surface area (Å²) in [6.45, 7) is 6.52. The molecule has 444 valence electrons. The average Bonchev–Trinajstić information content (AvgIpc) is 3.43. The minimum Gasteiger partial charge on any atom is -0.462 e. The van der Waals surface area contributed by atoms with E-state index in [0.717, 1.165) is 116 Å². The number of carbonyl (C=O) groups is 3. The third-order valence-electron chi connectivity index (χ3n) is 14.4. The highest BCUT2D eigenvalue weighted by atomic mass is 16.6. The zero-order valence-corrected chi connectivity index (χ0v) is 51.0. The van der Waals surface area contributed by atoms with Gasteiger partial charge in [-0.25, -0.2) is 0 Å². The minimum atomic E-state index is -0.790. The van der Waals surface area contributed by atoms with Crippen molar-refractivity contribution in [1.82, 2.24) is 0 Å². The summed E-state index contributed by atoms with van der Waals surface area (Å²) < 4.78 is 16.9. The van der Waals surface area contributed by atoms with Gasteiger partial charge in [-0.2, -0.15) is 0 Å². The van der Waals surface area contributed by atoms with Crippen molar-refractivity contribution in [2.75, 3.05) is 13.2 Å². The monoisotopic (exact) mass is 1070 g/mol.